The van der Waals surface area contributed by atoms with Gasteiger partial charge in [-0.2, -0.15) is 10.2 Å². The first kappa shape index (κ1) is 23.8. The first-order valence-electron chi connectivity index (χ1n) is 12.4. The third-order valence-corrected chi connectivity index (χ3v) is 7.10. The van der Waals surface area contributed by atoms with Crippen LogP contribution in [0.5, 0.6) is 5.75 Å². The smallest absolute Gasteiger partial charge is 0.225 e. The van der Waals surface area contributed by atoms with E-state index < -0.39 is 0 Å². The highest BCUT2D eigenvalue weighted by molar-refractivity contribution is 5.93. The van der Waals surface area contributed by atoms with Crippen molar-refractivity contribution < 1.29 is 9.53 Å². The second-order valence-electron chi connectivity index (χ2n) is 9.43. The van der Waals surface area contributed by atoms with Gasteiger partial charge in [0.2, 0.25) is 5.91 Å². The van der Waals surface area contributed by atoms with Gasteiger partial charge in [-0.15, -0.1) is 5.10 Å². The van der Waals surface area contributed by atoms with Gasteiger partial charge in [-0.3, -0.25) is 4.79 Å². The lowest BCUT2D eigenvalue weighted by atomic mass is 9.96. The van der Waals surface area contributed by atoms with Crippen LogP contribution in [-0.4, -0.2) is 46.1 Å². The average molecular weight is 485 g/mol. The summed E-state index contributed by atoms with van der Waals surface area (Å²) in [4.78, 5) is 15.2. The number of hydrogen-bond donors (Lipinski definition) is 1. The fraction of sp³-hybridized carbons (Fsp3) is 0.357. The zero-order valence-electron chi connectivity index (χ0n) is 21.3. The molecule has 0 radical (unpaired) electrons. The van der Waals surface area contributed by atoms with Crippen LogP contribution in [0.2, 0.25) is 0 Å². The lowest BCUT2D eigenvalue weighted by Gasteiger charge is -2.32. The maximum atomic E-state index is 13.1. The van der Waals surface area contributed by atoms with Gasteiger partial charge in [0.15, 0.2) is 5.82 Å². The molecule has 1 aliphatic rings. The Morgan fingerprint density at radius 2 is 1.86 bits per heavy atom. The maximum absolute atomic E-state index is 13.1. The third kappa shape index (κ3) is 4.39. The van der Waals surface area contributed by atoms with Crippen molar-refractivity contribution in [3.8, 4) is 11.4 Å². The zero-order valence-corrected chi connectivity index (χ0v) is 21.3. The Morgan fingerprint density at radius 1 is 1.08 bits per heavy atom. The van der Waals surface area contributed by atoms with Crippen molar-refractivity contribution in [2.75, 3.05) is 25.1 Å². The van der Waals surface area contributed by atoms with Gasteiger partial charge in [-0.25, -0.2) is 4.68 Å². The average Bonchev–Trinajstić information content (AvgIpc) is 3.26. The second-order valence-corrected chi connectivity index (χ2v) is 9.43. The van der Waals surface area contributed by atoms with E-state index in [0.717, 1.165) is 64.5 Å². The number of nitrogens with zero attached hydrogens (tertiary/aromatic N) is 5. The molecule has 2 aromatic carbocycles. The molecule has 1 unspecified atom stereocenters. The Kier molecular flexibility index (Phi) is 6.59. The molecule has 0 aliphatic carbocycles. The van der Waals surface area contributed by atoms with Gasteiger partial charge in [-0.1, -0.05) is 36.4 Å². The van der Waals surface area contributed by atoms with Crippen LogP contribution in [0.4, 0.5) is 5.82 Å². The number of anilines is 1. The van der Waals surface area contributed by atoms with E-state index in [9.17, 15) is 4.79 Å². The molecule has 4 aromatic rings. The van der Waals surface area contributed by atoms with Crippen LogP contribution in [0, 0.1) is 26.7 Å². The molecule has 1 fully saturated rings. The molecule has 2 aromatic heterocycles. The van der Waals surface area contributed by atoms with E-state index in [4.69, 9.17) is 9.84 Å². The number of para-hydroxylation sites is 2. The number of methoxy groups -OCH3 is 1. The number of ether oxygens (including phenoxy) is 1. The highest BCUT2D eigenvalue weighted by Crippen LogP contribution is 2.33. The molecule has 3 heterocycles. The fourth-order valence-corrected chi connectivity index (χ4v) is 5.08. The van der Waals surface area contributed by atoms with Gasteiger partial charge < -0.3 is 15.0 Å². The molecule has 36 heavy (non-hydrogen) atoms. The summed E-state index contributed by atoms with van der Waals surface area (Å²) in [5.41, 5.74) is 5.80. The number of benzene rings is 2. The molecular weight excluding hydrogens is 452 g/mol. The number of carbonyl (C=O) groups excluding carboxylic acids is 1. The molecule has 5 rings (SSSR count). The largest absolute Gasteiger partial charge is 0.494 e. The van der Waals surface area contributed by atoms with E-state index in [1.54, 1.807) is 7.11 Å². The number of nitrogens with one attached hydrogen (secondary N) is 1. The van der Waals surface area contributed by atoms with E-state index in [1.807, 2.05) is 54.9 Å². The van der Waals surface area contributed by atoms with Crippen LogP contribution in [0.1, 0.15) is 35.4 Å². The van der Waals surface area contributed by atoms with Crippen molar-refractivity contribution in [1.82, 2.24) is 25.3 Å². The number of aromatic nitrogens is 4. The Labute approximate surface area is 211 Å². The fourth-order valence-electron chi connectivity index (χ4n) is 5.08. The highest BCUT2D eigenvalue weighted by atomic mass is 16.5. The minimum absolute atomic E-state index is 0.0787. The van der Waals surface area contributed by atoms with Crippen LogP contribution in [-0.2, 0) is 11.3 Å². The van der Waals surface area contributed by atoms with Crippen molar-refractivity contribution in [2.24, 2.45) is 5.92 Å². The second kappa shape index (κ2) is 9.97. The third-order valence-electron chi connectivity index (χ3n) is 7.10. The molecule has 0 spiro atoms. The number of rotatable bonds is 6. The zero-order chi connectivity index (χ0) is 25.2. The van der Waals surface area contributed by atoms with Gasteiger partial charge in [0, 0.05) is 19.6 Å². The Morgan fingerprint density at radius 3 is 2.67 bits per heavy atom. The number of carbonyl (C=O) groups is 1. The Bertz CT molecular complexity index is 1410. The summed E-state index contributed by atoms with van der Waals surface area (Å²) in [6.07, 6.45) is 1.76. The standard InChI is InChI=1S/C28H32N6O2/c1-18-10-5-6-11-21(18)16-29-28(35)22-12-9-15-33(17-22)27-26-25(19(2)30-31-27)20(3)34(32-26)23-13-7-8-14-24(23)36-4/h5-8,10-11,13-14,22H,9,12,15-17H2,1-4H3,(H,29,35). The van der Waals surface area contributed by atoms with Crippen LogP contribution >= 0.6 is 0 Å². The number of aryl methyl sites for hydroxylation is 3. The van der Waals surface area contributed by atoms with E-state index >= 15 is 0 Å². The number of fused-ring (bicyclic) bond motifs is 1. The molecule has 0 saturated carbocycles. The monoisotopic (exact) mass is 484 g/mol. The quantitative estimate of drug-likeness (QED) is 0.440. The first-order valence-corrected chi connectivity index (χ1v) is 12.4. The van der Waals surface area contributed by atoms with E-state index in [0.29, 0.717) is 13.1 Å². The molecule has 0 bridgehead atoms. The first-order chi connectivity index (χ1) is 17.5. The van der Waals surface area contributed by atoms with Gasteiger partial charge >= 0.3 is 0 Å². The molecule has 8 heteroatoms. The Hall–Kier alpha value is -3.94. The van der Waals surface area contributed by atoms with E-state index in [1.165, 1.54) is 5.56 Å². The normalized spacial score (nSPS) is 15.8. The molecule has 1 aliphatic heterocycles. The van der Waals surface area contributed by atoms with Crippen molar-refractivity contribution >= 4 is 22.6 Å². The predicted octanol–water partition coefficient (Wildman–Crippen LogP) is 4.28. The van der Waals surface area contributed by atoms with Crippen LogP contribution in [0.15, 0.2) is 48.5 Å². The van der Waals surface area contributed by atoms with Crippen LogP contribution in [0.3, 0.4) is 0 Å². The molecule has 1 amide bonds. The lowest BCUT2D eigenvalue weighted by molar-refractivity contribution is -0.125. The van der Waals surface area contributed by atoms with Crippen molar-refractivity contribution in [3.05, 3.63) is 71.0 Å². The Balaban J connectivity index is 1.42. The SMILES string of the molecule is COc1ccccc1-n1nc2c(N3CCCC(C(=O)NCc4ccccc4C)C3)nnc(C)c2c1C. The van der Waals surface area contributed by atoms with Crippen LogP contribution in [0.25, 0.3) is 16.6 Å². The number of piperidine rings is 1. The predicted molar refractivity (Wildman–Crippen MR) is 141 cm³/mol. The molecule has 1 saturated heterocycles. The molecule has 1 N–H and O–H groups in total. The maximum Gasteiger partial charge on any atom is 0.225 e. The topological polar surface area (TPSA) is 85.2 Å². The number of hydrogen-bond acceptors (Lipinski definition) is 6. The summed E-state index contributed by atoms with van der Waals surface area (Å²) in [5.74, 6) is 1.44. The molecule has 186 valence electrons. The summed E-state index contributed by atoms with van der Waals surface area (Å²) in [7, 11) is 1.66. The van der Waals surface area contributed by atoms with Crippen molar-refractivity contribution in [2.45, 2.75) is 40.2 Å². The molecule has 1 atom stereocenters. The van der Waals surface area contributed by atoms with E-state index in [2.05, 4.69) is 39.5 Å². The molecular formula is C28H32N6O2. The number of amides is 1. The summed E-state index contributed by atoms with van der Waals surface area (Å²) in [6, 6.07) is 16.0. The minimum Gasteiger partial charge on any atom is -0.494 e. The van der Waals surface area contributed by atoms with Gasteiger partial charge in [0.05, 0.1) is 29.8 Å². The van der Waals surface area contributed by atoms with Gasteiger partial charge in [-0.05, 0) is 56.9 Å². The highest BCUT2D eigenvalue weighted by Gasteiger charge is 2.29. The minimum atomic E-state index is -0.113. The van der Waals surface area contributed by atoms with Crippen molar-refractivity contribution in [3.63, 3.8) is 0 Å². The van der Waals surface area contributed by atoms with Gasteiger partial charge in [0.25, 0.3) is 0 Å². The van der Waals surface area contributed by atoms with Crippen molar-refractivity contribution in [1.29, 1.82) is 0 Å². The summed E-state index contributed by atoms with van der Waals surface area (Å²) < 4.78 is 7.49. The summed E-state index contributed by atoms with van der Waals surface area (Å²) >= 11 is 0. The van der Waals surface area contributed by atoms with Crippen LogP contribution < -0.4 is 15.0 Å². The summed E-state index contributed by atoms with van der Waals surface area (Å²) in [5, 5.41) is 18.1. The van der Waals surface area contributed by atoms with Gasteiger partial charge in [0.1, 0.15) is 17.0 Å². The van der Waals surface area contributed by atoms with E-state index in [-0.39, 0.29) is 11.8 Å². The lowest BCUT2D eigenvalue weighted by Crippen LogP contribution is -2.43. The molecule has 8 nitrogen and oxygen atoms in total. The summed E-state index contributed by atoms with van der Waals surface area (Å²) in [6.45, 7) is 8.01.